The molecule has 0 saturated heterocycles. The number of sulfone groups is 1. The van der Waals surface area contributed by atoms with Crippen molar-refractivity contribution < 1.29 is 8.42 Å². The van der Waals surface area contributed by atoms with E-state index < -0.39 is 9.84 Å². The number of nitrogens with one attached hydrogen (secondary N) is 1. The largest absolute Gasteiger partial charge is 0.345 e. The lowest BCUT2D eigenvalue weighted by Gasteiger charge is -2.10. The first-order chi connectivity index (χ1) is 12.5. The van der Waals surface area contributed by atoms with E-state index >= 15 is 0 Å². The summed E-state index contributed by atoms with van der Waals surface area (Å²) in [7, 11) is -3.74. The number of nitrogens with zero attached hydrogens (tertiary/aromatic N) is 2. The number of rotatable bonds is 3. The number of benzene rings is 1. The van der Waals surface area contributed by atoms with Crippen molar-refractivity contribution in [1.82, 2.24) is 15.0 Å². The van der Waals surface area contributed by atoms with Crippen molar-refractivity contribution in [2.24, 2.45) is 0 Å². The monoisotopic (exact) mass is 427 g/mol. The van der Waals surface area contributed by atoms with Crippen LogP contribution in [0.1, 0.15) is 5.56 Å². The first-order valence-electron chi connectivity index (χ1n) is 7.86. The summed E-state index contributed by atoms with van der Waals surface area (Å²) in [5, 5.41) is 0.549. The summed E-state index contributed by atoms with van der Waals surface area (Å²) >= 11 is 3.39. The molecule has 0 bridgehead atoms. The maximum absolute atomic E-state index is 13.4. The minimum Gasteiger partial charge on any atom is -0.345 e. The third kappa shape index (κ3) is 2.73. The summed E-state index contributed by atoms with van der Waals surface area (Å²) in [6, 6.07) is 10.5. The molecule has 3 heterocycles. The normalized spacial score (nSPS) is 11.8. The van der Waals surface area contributed by atoms with E-state index in [1.165, 1.54) is 6.20 Å². The molecule has 26 heavy (non-hydrogen) atoms. The van der Waals surface area contributed by atoms with E-state index in [9.17, 15) is 8.42 Å². The third-order valence-corrected chi connectivity index (χ3v) is 6.90. The van der Waals surface area contributed by atoms with E-state index in [4.69, 9.17) is 0 Å². The van der Waals surface area contributed by atoms with Crippen LogP contribution in [0.3, 0.4) is 0 Å². The summed E-state index contributed by atoms with van der Waals surface area (Å²) in [6.07, 6.45) is 6.64. The molecule has 0 spiro atoms. The molecule has 5 nitrogen and oxygen atoms in total. The summed E-state index contributed by atoms with van der Waals surface area (Å²) in [5.74, 6) is 0. The van der Waals surface area contributed by atoms with E-state index in [0.717, 1.165) is 16.7 Å². The van der Waals surface area contributed by atoms with Crippen LogP contribution in [0.5, 0.6) is 0 Å². The van der Waals surface area contributed by atoms with Crippen molar-refractivity contribution in [2.75, 3.05) is 0 Å². The Hall–Kier alpha value is -2.51. The van der Waals surface area contributed by atoms with Crippen molar-refractivity contribution in [3.8, 4) is 11.1 Å². The van der Waals surface area contributed by atoms with Crippen LogP contribution in [0.25, 0.3) is 22.2 Å². The quantitative estimate of drug-likeness (QED) is 0.520. The van der Waals surface area contributed by atoms with Crippen molar-refractivity contribution in [3.05, 3.63) is 71.2 Å². The molecule has 0 fully saturated rings. The first kappa shape index (κ1) is 16.9. The number of H-pyrrole nitrogens is 1. The molecule has 0 saturated carbocycles. The number of aromatic amines is 1. The molecule has 0 aliphatic carbocycles. The molecule has 0 amide bonds. The van der Waals surface area contributed by atoms with Crippen LogP contribution in [0.2, 0.25) is 0 Å². The Balaban J connectivity index is 2.05. The van der Waals surface area contributed by atoms with Gasteiger partial charge in [0.2, 0.25) is 9.84 Å². The Morgan fingerprint density at radius 3 is 2.54 bits per heavy atom. The molecular formula is C19H14BrN3O2S. The molecule has 1 aromatic carbocycles. The van der Waals surface area contributed by atoms with E-state index in [2.05, 4.69) is 30.9 Å². The SMILES string of the molecule is Cc1ccc(S(=O)(=O)c2c(Br)cnc3[nH]cc(-c4cccnc4)c23)cc1. The average molecular weight is 428 g/mol. The zero-order valence-electron chi connectivity index (χ0n) is 13.8. The van der Waals surface area contributed by atoms with Crippen LogP contribution in [0, 0.1) is 6.92 Å². The molecule has 0 radical (unpaired) electrons. The van der Waals surface area contributed by atoms with Gasteiger partial charge < -0.3 is 4.98 Å². The summed E-state index contributed by atoms with van der Waals surface area (Å²) in [5.41, 5.74) is 3.07. The Labute approximate surface area is 159 Å². The average Bonchev–Trinajstić information content (AvgIpc) is 3.06. The highest BCUT2D eigenvalue weighted by Gasteiger charge is 2.26. The minimum atomic E-state index is -3.74. The third-order valence-electron chi connectivity index (χ3n) is 4.18. The Morgan fingerprint density at radius 1 is 1.08 bits per heavy atom. The lowest BCUT2D eigenvalue weighted by atomic mass is 10.1. The topological polar surface area (TPSA) is 75.7 Å². The predicted molar refractivity (Wildman–Crippen MR) is 104 cm³/mol. The maximum atomic E-state index is 13.4. The Kier molecular flexibility index (Phi) is 4.13. The Morgan fingerprint density at radius 2 is 1.85 bits per heavy atom. The van der Waals surface area contributed by atoms with Crippen molar-refractivity contribution >= 4 is 36.8 Å². The first-order valence-corrected chi connectivity index (χ1v) is 10.1. The number of fused-ring (bicyclic) bond motifs is 1. The standard InChI is InChI=1S/C19H14BrN3O2S/c1-12-4-6-14(7-5-12)26(24,25)18-16(20)11-23-19-17(18)15(10-22-19)13-3-2-8-21-9-13/h2-11H,1H3,(H,22,23). The number of hydrogen-bond donors (Lipinski definition) is 1. The van der Waals surface area contributed by atoms with Crippen LogP contribution in [-0.2, 0) is 9.84 Å². The Bertz CT molecular complexity index is 1200. The van der Waals surface area contributed by atoms with Gasteiger partial charge in [0.05, 0.1) is 14.3 Å². The van der Waals surface area contributed by atoms with Crippen LogP contribution < -0.4 is 0 Å². The lowest BCUT2D eigenvalue weighted by molar-refractivity contribution is 0.596. The fourth-order valence-electron chi connectivity index (χ4n) is 2.89. The second kappa shape index (κ2) is 6.34. The molecule has 0 unspecified atom stereocenters. The highest BCUT2D eigenvalue weighted by atomic mass is 79.9. The van der Waals surface area contributed by atoms with Crippen molar-refractivity contribution in [2.45, 2.75) is 16.7 Å². The van der Waals surface area contributed by atoms with Gasteiger partial charge in [0.15, 0.2) is 0 Å². The molecule has 7 heteroatoms. The molecule has 1 N–H and O–H groups in total. The molecule has 0 aliphatic heterocycles. The van der Waals surface area contributed by atoms with E-state index in [1.807, 2.05) is 19.1 Å². The predicted octanol–water partition coefficient (Wildman–Crippen LogP) is 4.53. The molecule has 0 aliphatic rings. The smallest absolute Gasteiger partial charge is 0.208 e. The summed E-state index contributed by atoms with van der Waals surface area (Å²) < 4.78 is 27.2. The van der Waals surface area contributed by atoms with Gasteiger partial charge in [-0.05, 0) is 41.1 Å². The van der Waals surface area contributed by atoms with Gasteiger partial charge in [-0.25, -0.2) is 13.4 Å². The van der Waals surface area contributed by atoms with Gasteiger partial charge in [-0.1, -0.05) is 23.8 Å². The fraction of sp³-hybridized carbons (Fsp3) is 0.0526. The zero-order chi connectivity index (χ0) is 18.3. The van der Waals surface area contributed by atoms with E-state index in [0.29, 0.717) is 15.5 Å². The minimum absolute atomic E-state index is 0.200. The second-order valence-corrected chi connectivity index (χ2v) is 8.66. The molecule has 130 valence electrons. The summed E-state index contributed by atoms with van der Waals surface area (Å²) in [4.78, 5) is 12.0. The highest BCUT2D eigenvalue weighted by molar-refractivity contribution is 9.10. The van der Waals surface area contributed by atoms with Gasteiger partial charge in [-0.15, -0.1) is 0 Å². The number of aromatic nitrogens is 3. The second-order valence-electron chi connectivity index (χ2n) is 5.92. The zero-order valence-corrected chi connectivity index (χ0v) is 16.2. The highest BCUT2D eigenvalue weighted by Crippen LogP contribution is 2.38. The van der Waals surface area contributed by atoms with E-state index in [1.54, 1.807) is 42.9 Å². The molecular weight excluding hydrogens is 414 g/mol. The van der Waals surface area contributed by atoms with Crippen LogP contribution in [-0.4, -0.2) is 23.4 Å². The van der Waals surface area contributed by atoms with Crippen LogP contribution >= 0.6 is 15.9 Å². The number of pyridine rings is 2. The van der Waals surface area contributed by atoms with Gasteiger partial charge in [-0.3, -0.25) is 4.98 Å². The summed E-state index contributed by atoms with van der Waals surface area (Å²) in [6.45, 7) is 1.92. The molecule has 4 aromatic rings. The van der Waals surface area contributed by atoms with E-state index in [-0.39, 0.29) is 9.79 Å². The molecule has 4 rings (SSSR count). The lowest BCUT2D eigenvalue weighted by Crippen LogP contribution is -2.05. The van der Waals surface area contributed by atoms with Crippen LogP contribution in [0.4, 0.5) is 0 Å². The number of halogens is 1. The fourth-order valence-corrected chi connectivity index (χ4v) is 5.35. The van der Waals surface area contributed by atoms with Crippen LogP contribution in [0.15, 0.2) is 75.4 Å². The van der Waals surface area contributed by atoms with Crippen molar-refractivity contribution in [3.63, 3.8) is 0 Å². The number of aryl methyl sites for hydroxylation is 1. The number of hydrogen-bond acceptors (Lipinski definition) is 4. The molecule has 0 atom stereocenters. The van der Waals surface area contributed by atoms with Gasteiger partial charge in [0, 0.05) is 41.3 Å². The van der Waals surface area contributed by atoms with Gasteiger partial charge in [0.1, 0.15) is 5.65 Å². The van der Waals surface area contributed by atoms with Crippen molar-refractivity contribution in [1.29, 1.82) is 0 Å². The molecule has 3 aromatic heterocycles. The van der Waals surface area contributed by atoms with Gasteiger partial charge >= 0.3 is 0 Å². The van der Waals surface area contributed by atoms with Gasteiger partial charge in [0.25, 0.3) is 0 Å². The van der Waals surface area contributed by atoms with Gasteiger partial charge in [-0.2, -0.15) is 0 Å². The maximum Gasteiger partial charge on any atom is 0.208 e.